The number of esters is 1. The Morgan fingerprint density at radius 3 is 3.18 bits per heavy atom. The van der Waals surface area contributed by atoms with Crippen molar-refractivity contribution in [3.05, 3.63) is 24.3 Å². The Morgan fingerprint density at radius 1 is 1.59 bits per heavy atom. The summed E-state index contributed by atoms with van der Waals surface area (Å²) in [5.74, 6) is -0.117. The average molecular weight is 235 g/mol. The molecular formula is C12H17N3O2. The predicted octanol–water partition coefficient (Wildman–Crippen LogP) is 1.00. The van der Waals surface area contributed by atoms with E-state index in [0.717, 1.165) is 25.1 Å². The fourth-order valence-electron chi connectivity index (χ4n) is 2.14. The van der Waals surface area contributed by atoms with Crippen molar-refractivity contribution in [3.8, 4) is 0 Å². The van der Waals surface area contributed by atoms with Gasteiger partial charge in [0.05, 0.1) is 12.3 Å². The second-order valence-electron chi connectivity index (χ2n) is 4.08. The Labute approximate surface area is 101 Å². The van der Waals surface area contributed by atoms with E-state index in [4.69, 9.17) is 4.74 Å². The molecule has 0 N–H and O–H groups in total. The Bertz CT molecular complexity index is 369. The molecule has 0 saturated carbocycles. The van der Waals surface area contributed by atoms with Crippen LogP contribution in [0, 0.1) is 0 Å². The van der Waals surface area contributed by atoms with Crippen LogP contribution in [0.25, 0.3) is 0 Å². The lowest BCUT2D eigenvalue weighted by Crippen LogP contribution is -2.37. The molecule has 0 amide bonds. The molecule has 1 unspecified atom stereocenters. The van der Waals surface area contributed by atoms with Gasteiger partial charge in [0, 0.05) is 25.1 Å². The molecule has 1 aromatic heterocycles. The summed E-state index contributed by atoms with van der Waals surface area (Å²) in [6, 6.07) is -0.114. The van der Waals surface area contributed by atoms with E-state index in [1.165, 1.54) is 0 Å². The number of likely N-dealkylation sites (tertiary alicyclic amines) is 1. The minimum atomic E-state index is -0.117. The fourth-order valence-corrected chi connectivity index (χ4v) is 2.14. The third-order valence-corrected chi connectivity index (χ3v) is 2.90. The van der Waals surface area contributed by atoms with E-state index in [1.807, 2.05) is 6.92 Å². The molecular weight excluding hydrogens is 218 g/mol. The largest absolute Gasteiger partial charge is 0.465 e. The van der Waals surface area contributed by atoms with Crippen molar-refractivity contribution in [2.24, 2.45) is 0 Å². The Kier molecular flexibility index (Phi) is 4.03. The quantitative estimate of drug-likeness (QED) is 0.729. The van der Waals surface area contributed by atoms with E-state index in [9.17, 15) is 4.79 Å². The zero-order valence-electron chi connectivity index (χ0n) is 10.0. The van der Waals surface area contributed by atoms with Crippen LogP contribution in [0.2, 0.25) is 0 Å². The molecule has 2 heterocycles. The number of nitrogens with zero attached hydrogens (tertiary/aromatic N) is 3. The maximum atomic E-state index is 11.7. The van der Waals surface area contributed by atoms with Gasteiger partial charge >= 0.3 is 5.97 Å². The highest BCUT2D eigenvalue weighted by Crippen LogP contribution is 2.20. The average Bonchev–Trinajstić information content (AvgIpc) is 2.79. The maximum Gasteiger partial charge on any atom is 0.323 e. The van der Waals surface area contributed by atoms with Crippen molar-refractivity contribution in [1.29, 1.82) is 0 Å². The van der Waals surface area contributed by atoms with Gasteiger partial charge in [0.15, 0.2) is 0 Å². The molecule has 0 aromatic carbocycles. The maximum absolute atomic E-state index is 11.7. The highest BCUT2D eigenvalue weighted by atomic mass is 16.5. The predicted molar refractivity (Wildman–Crippen MR) is 62.1 cm³/mol. The van der Waals surface area contributed by atoms with Crippen LogP contribution >= 0.6 is 0 Å². The number of hydrogen-bond donors (Lipinski definition) is 0. The first-order chi connectivity index (χ1) is 8.31. The Hall–Kier alpha value is -1.49. The van der Waals surface area contributed by atoms with Gasteiger partial charge in [-0.2, -0.15) is 0 Å². The summed E-state index contributed by atoms with van der Waals surface area (Å²) in [5.41, 5.74) is 0.892. The van der Waals surface area contributed by atoms with Crippen LogP contribution in [0.3, 0.4) is 0 Å². The van der Waals surface area contributed by atoms with Crippen molar-refractivity contribution in [2.75, 3.05) is 13.2 Å². The van der Waals surface area contributed by atoms with Crippen LogP contribution in [0.1, 0.15) is 25.5 Å². The smallest absolute Gasteiger partial charge is 0.323 e. The van der Waals surface area contributed by atoms with E-state index in [1.54, 1.807) is 18.6 Å². The first-order valence-corrected chi connectivity index (χ1v) is 5.97. The summed E-state index contributed by atoms with van der Waals surface area (Å²) in [4.78, 5) is 22.1. The molecule has 0 bridgehead atoms. The fraction of sp³-hybridized carbons (Fsp3) is 0.583. The van der Waals surface area contributed by atoms with Gasteiger partial charge in [-0.1, -0.05) is 0 Å². The molecule has 1 atom stereocenters. The molecule has 1 aromatic rings. The lowest BCUT2D eigenvalue weighted by Gasteiger charge is -2.21. The number of rotatable bonds is 4. The molecule has 1 saturated heterocycles. The van der Waals surface area contributed by atoms with E-state index in [-0.39, 0.29) is 12.0 Å². The highest BCUT2D eigenvalue weighted by molar-refractivity contribution is 5.76. The minimum absolute atomic E-state index is 0.114. The molecule has 0 spiro atoms. The molecule has 2 rings (SSSR count). The minimum Gasteiger partial charge on any atom is -0.465 e. The summed E-state index contributed by atoms with van der Waals surface area (Å²) in [7, 11) is 0. The van der Waals surface area contributed by atoms with Gasteiger partial charge in [-0.15, -0.1) is 0 Å². The van der Waals surface area contributed by atoms with Crippen molar-refractivity contribution >= 4 is 5.97 Å². The number of carbonyl (C=O) groups excluding carboxylic acids is 1. The van der Waals surface area contributed by atoms with E-state index < -0.39 is 0 Å². The van der Waals surface area contributed by atoms with Crippen molar-refractivity contribution < 1.29 is 9.53 Å². The molecule has 5 heteroatoms. The molecule has 17 heavy (non-hydrogen) atoms. The van der Waals surface area contributed by atoms with Gasteiger partial charge in [0.1, 0.15) is 6.04 Å². The number of hydrogen-bond acceptors (Lipinski definition) is 5. The van der Waals surface area contributed by atoms with Crippen LogP contribution < -0.4 is 0 Å². The van der Waals surface area contributed by atoms with Crippen LogP contribution in [0.15, 0.2) is 18.6 Å². The number of carbonyl (C=O) groups is 1. The molecule has 1 fully saturated rings. The topological polar surface area (TPSA) is 55.3 Å². The second kappa shape index (κ2) is 5.72. The number of ether oxygens (including phenoxy) is 1. The molecule has 0 radical (unpaired) electrons. The van der Waals surface area contributed by atoms with Gasteiger partial charge in [-0.3, -0.25) is 19.7 Å². The summed E-state index contributed by atoms with van der Waals surface area (Å²) in [6.45, 7) is 3.85. The van der Waals surface area contributed by atoms with E-state index in [0.29, 0.717) is 13.2 Å². The molecule has 5 nitrogen and oxygen atoms in total. The first-order valence-electron chi connectivity index (χ1n) is 5.97. The summed E-state index contributed by atoms with van der Waals surface area (Å²) < 4.78 is 5.08. The Balaban J connectivity index is 1.98. The van der Waals surface area contributed by atoms with Crippen molar-refractivity contribution in [3.63, 3.8) is 0 Å². The van der Waals surface area contributed by atoms with Gasteiger partial charge in [-0.05, 0) is 26.3 Å². The lowest BCUT2D eigenvalue weighted by molar-refractivity contribution is -0.148. The van der Waals surface area contributed by atoms with Crippen LogP contribution in [0.4, 0.5) is 0 Å². The molecule has 1 aliphatic heterocycles. The van der Waals surface area contributed by atoms with Gasteiger partial charge in [-0.25, -0.2) is 0 Å². The standard InChI is InChI=1S/C12H17N3O2/c1-2-17-12(16)11-4-3-7-15(11)9-10-8-13-5-6-14-10/h5-6,8,11H,2-4,7,9H2,1H3. The summed E-state index contributed by atoms with van der Waals surface area (Å²) in [6.07, 6.45) is 6.96. The highest BCUT2D eigenvalue weighted by Gasteiger charge is 2.31. The normalized spacial score (nSPS) is 20.4. The third-order valence-electron chi connectivity index (χ3n) is 2.90. The lowest BCUT2D eigenvalue weighted by atomic mass is 10.2. The van der Waals surface area contributed by atoms with E-state index in [2.05, 4.69) is 14.9 Å². The molecule has 92 valence electrons. The molecule has 0 aliphatic carbocycles. The van der Waals surface area contributed by atoms with Crippen LogP contribution in [0.5, 0.6) is 0 Å². The SMILES string of the molecule is CCOC(=O)C1CCCN1Cc1cnccn1. The summed E-state index contributed by atoms with van der Waals surface area (Å²) >= 11 is 0. The van der Waals surface area contributed by atoms with Crippen molar-refractivity contribution in [2.45, 2.75) is 32.4 Å². The monoisotopic (exact) mass is 235 g/mol. The third kappa shape index (κ3) is 3.00. The first kappa shape index (κ1) is 12.0. The zero-order chi connectivity index (χ0) is 12.1. The van der Waals surface area contributed by atoms with Gasteiger partial charge in [0.2, 0.25) is 0 Å². The Morgan fingerprint density at radius 2 is 2.47 bits per heavy atom. The number of aromatic nitrogens is 2. The second-order valence-corrected chi connectivity index (χ2v) is 4.08. The van der Waals surface area contributed by atoms with Crippen LogP contribution in [-0.4, -0.2) is 40.0 Å². The van der Waals surface area contributed by atoms with E-state index >= 15 is 0 Å². The van der Waals surface area contributed by atoms with Gasteiger partial charge in [0.25, 0.3) is 0 Å². The molecule has 1 aliphatic rings. The van der Waals surface area contributed by atoms with Gasteiger partial charge < -0.3 is 4.74 Å². The summed E-state index contributed by atoms with van der Waals surface area (Å²) in [5, 5.41) is 0. The van der Waals surface area contributed by atoms with Crippen LogP contribution in [-0.2, 0) is 16.1 Å². The zero-order valence-corrected chi connectivity index (χ0v) is 10.0. The van der Waals surface area contributed by atoms with Crippen molar-refractivity contribution in [1.82, 2.24) is 14.9 Å².